The molecule has 0 saturated carbocycles. The Morgan fingerprint density at radius 2 is 2.14 bits per heavy atom. The molecule has 0 aromatic heterocycles. The molecule has 1 atom stereocenters. The summed E-state index contributed by atoms with van der Waals surface area (Å²) in [5, 5.41) is 14.1. The Morgan fingerprint density at radius 1 is 1.34 bits per heavy atom. The second-order valence-electron chi connectivity index (χ2n) is 7.95. The molecule has 1 amide bonds. The zero-order chi connectivity index (χ0) is 20.6. The molecule has 1 aromatic rings. The molecule has 160 valence electrons. The van der Waals surface area contributed by atoms with Gasteiger partial charge in [0.1, 0.15) is 0 Å². The van der Waals surface area contributed by atoms with Crippen molar-refractivity contribution in [2.45, 2.75) is 45.1 Å². The van der Waals surface area contributed by atoms with Crippen LogP contribution >= 0.6 is 0 Å². The second kappa shape index (κ2) is 10.5. The number of non-ortho nitro benzene ring substituents is 1. The normalized spacial score (nSPS) is 20.0. The summed E-state index contributed by atoms with van der Waals surface area (Å²) in [7, 11) is 0. The van der Waals surface area contributed by atoms with Gasteiger partial charge in [0.15, 0.2) is 0 Å². The number of nitro benzene ring substituents is 1. The molecule has 0 spiro atoms. The van der Waals surface area contributed by atoms with E-state index in [1.165, 1.54) is 12.1 Å². The van der Waals surface area contributed by atoms with Crippen LogP contribution < -0.4 is 10.2 Å². The molecule has 0 radical (unpaired) electrons. The Kier molecular flexibility index (Phi) is 7.83. The number of hydrogen-bond acceptors (Lipinski definition) is 6. The number of rotatable bonds is 9. The molecule has 1 aromatic carbocycles. The fraction of sp³-hybridized carbons (Fsp3) is 0.667. The van der Waals surface area contributed by atoms with Crippen LogP contribution in [0.4, 0.5) is 11.4 Å². The van der Waals surface area contributed by atoms with Crippen LogP contribution in [0.5, 0.6) is 0 Å². The summed E-state index contributed by atoms with van der Waals surface area (Å²) in [5.74, 6) is 0.387. The van der Waals surface area contributed by atoms with Gasteiger partial charge in [0.25, 0.3) is 11.6 Å². The first-order valence-electron chi connectivity index (χ1n) is 10.6. The van der Waals surface area contributed by atoms with Crippen LogP contribution in [-0.4, -0.2) is 56.4 Å². The molecule has 0 bridgehead atoms. The summed E-state index contributed by atoms with van der Waals surface area (Å²) < 4.78 is 11.1. The number of ether oxygens (including phenoxy) is 2. The van der Waals surface area contributed by atoms with Crippen molar-refractivity contribution in [3.05, 3.63) is 33.9 Å². The average molecular weight is 405 g/mol. The molecule has 29 heavy (non-hydrogen) atoms. The van der Waals surface area contributed by atoms with Crippen LogP contribution in [-0.2, 0) is 9.47 Å². The van der Waals surface area contributed by atoms with Crippen molar-refractivity contribution < 1.29 is 19.2 Å². The highest BCUT2D eigenvalue weighted by atomic mass is 16.6. The topological polar surface area (TPSA) is 93.9 Å². The highest BCUT2D eigenvalue weighted by Gasteiger charge is 2.23. The van der Waals surface area contributed by atoms with E-state index in [-0.39, 0.29) is 17.7 Å². The van der Waals surface area contributed by atoms with Crippen molar-refractivity contribution in [2.24, 2.45) is 5.92 Å². The van der Waals surface area contributed by atoms with Crippen molar-refractivity contribution in [3.63, 3.8) is 0 Å². The van der Waals surface area contributed by atoms with E-state index >= 15 is 0 Å². The molecule has 1 N–H and O–H groups in total. The van der Waals surface area contributed by atoms with Crippen LogP contribution in [0.3, 0.4) is 0 Å². The minimum Gasteiger partial charge on any atom is -0.379 e. The highest BCUT2D eigenvalue weighted by molar-refractivity contribution is 6.00. The number of hydrogen-bond donors (Lipinski definition) is 1. The summed E-state index contributed by atoms with van der Waals surface area (Å²) in [6.45, 7) is 6.35. The van der Waals surface area contributed by atoms with Crippen molar-refractivity contribution in [2.75, 3.05) is 44.4 Å². The Balaban J connectivity index is 1.54. The summed E-state index contributed by atoms with van der Waals surface area (Å²) in [5.41, 5.74) is 1.08. The quantitative estimate of drug-likeness (QED) is 0.385. The van der Waals surface area contributed by atoms with Crippen LogP contribution in [0.25, 0.3) is 0 Å². The lowest BCUT2D eigenvalue weighted by Crippen LogP contribution is -2.35. The fourth-order valence-electron chi connectivity index (χ4n) is 3.81. The van der Waals surface area contributed by atoms with Gasteiger partial charge in [-0.2, -0.15) is 0 Å². The van der Waals surface area contributed by atoms with Crippen molar-refractivity contribution in [3.8, 4) is 0 Å². The number of benzene rings is 1. The smallest absolute Gasteiger partial charge is 0.270 e. The first kappa shape index (κ1) is 21.5. The van der Waals surface area contributed by atoms with Crippen LogP contribution in [0.1, 0.15) is 49.4 Å². The van der Waals surface area contributed by atoms with E-state index in [0.717, 1.165) is 51.1 Å². The molecule has 3 rings (SSSR count). The van der Waals surface area contributed by atoms with Gasteiger partial charge in [0.2, 0.25) is 0 Å². The van der Waals surface area contributed by atoms with Crippen molar-refractivity contribution >= 4 is 17.3 Å². The molecule has 2 fully saturated rings. The van der Waals surface area contributed by atoms with Gasteiger partial charge in [-0.15, -0.1) is 0 Å². The van der Waals surface area contributed by atoms with Crippen molar-refractivity contribution in [1.82, 2.24) is 5.32 Å². The maximum Gasteiger partial charge on any atom is 0.270 e. The zero-order valence-corrected chi connectivity index (χ0v) is 17.1. The number of nitrogens with one attached hydrogen (secondary N) is 1. The SMILES string of the molecule is CC1CCN(c2ccc([N+](=O)[O-])cc2C(=O)NCCCOCC2CCCO2)CC1. The maximum atomic E-state index is 12.8. The number of nitro groups is 1. The third-order valence-electron chi connectivity index (χ3n) is 5.64. The summed E-state index contributed by atoms with van der Waals surface area (Å²) in [4.78, 5) is 25.6. The molecule has 2 aliphatic heterocycles. The van der Waals surface area contributed by atoms with Gasteiger partial charge >= 0.3 is 0 Å². The van der Waals surface area contributed by atoms with Gasteiger partial charge in [-0.05, 0) is 44.1 Å². The summed E-state index contributed by atoms with van der Waals surface area (Å²) in [6, 6.07) is 4.56. The van der Waals surface area contributed by atoms with Gasteiger partial charge in [-0.3, -0.25) is 14.9 Å². The van der Waals surface area contributed by atoms with Crippen LogP contribution in [0, 0.1) is 16.0 Å². The molecule has 8 nitrogen and oxygen atoms in total. The average Bonchev–Trinajstić information content (AvgIpc) is 3.24. The number of piperidine rings is 1. The van der Waals surface area contributed by atoms with E-state index in [0.29, 0.717) is 37.7 Å². The van der Waals surface area contributed by atoms with Gasteiger partial charge in [0, 0.05) is 45.0 Å². The Labute approximate surface area is 171 Å². The first-order valence-corrected chi connectivity index (χ1v) is 10.6. The van der Waals surface area contributed by atoms with E-state index in [1.54, 1.807) is 6.07 Å². The van der Waals surface area contributed by atoms with Gasteiger partial charge in [0.05, 0.1) is 28.9 Å². The molecule has 8 heteroatoms. The summed E-state index contributed by atoms with van der Waals surface area (Å²) in [6.07, 6.45) is 5.13. The first-order chi connectivity index (χ1) is 14.0. The maximum absolute atomic E-state index is 12.8. The molecule has 2 heterocycles. The predicted octanol–water partition coefficient (Wildman–Crippen LogP) is 3.15. The van der Waals surface area contributed by atoms with Gasteiger partial charge in [-0.25, -0.2) is 0 Å². The molecule has 0 aliphatic carbocycles. The number of anilines is 1. The minimum absolute atomic E-state index is 0.0656. The van der Waals surface area contributed by atoms with Crippen LogP contribution in [0.15, 0.2) is 18.2 Å². The van der Waals surface area contributed by atoms with E-state index in [2.05, 4.69) is 17.1 Å². The number of nitrogens with zero attached hydrogens (tertiary/aromatic N) is 2. The van der Waals surface area contributed by atoms with Gasteiger partial charge in [-0.1, -0.05) is 6.92 Å². The molecular weight excluding hydrogens is 374 g/mol. The molecule has 1 unspecified atom stereocenters. The predicted molar refractivity (Wildman–Crippen MR) is 110 cm³/mol. The third-order valence-corrected chi connectivity index (χ3v) is 5.64. The van der Waals surface area contributed by atoms with Crippen molar-refractivity contribution in [1.29, 1.82) is 0 Å². The minimum atomic E-state index is -0.461. The third kappa shape index (κ3) is 6.14. The molecule has 2 aliphatic rings. The number of amides is 1. The lowest BCUT2D eigenvalue weighted by Gasteiger charge is -2.33. The number of carbonyl (C=O) groups is 1. The van der Waals surface area contributed by atoms with E-state index in [9.17, 15) is 14.9 Å². The second-order valence-corrected chi connectivity index (χ2v) is 7.95. The lowest BCUT2D eigenvalue weighted by molar-refractivity contribution is -0.384. The Morgan fingerprint density at radius 3 is 2.83 bits per heavy atom. The molecular formula is C21H31N3O5. The zero-order valence-electron chi connectivity index (χ0n) is 17.1. The molecule has 2 saturated heterocycles. The number of carbonyl (C=O) groups excluding carboxylic acids is 1. The highest BCUT2D eigenvalue weighted by Crippen LogP contribution is 2.29. The Bertz CT molecular complexity index is 698. The van der Waals surface area contributed by atoms with Gasteiger partial charge < -0.3 is 19.7 Å². The van der Waals surface area contributed by atoms with E-state index < -0.39 is 4.92 Å². The standard InChI is InChI=1S/C21H31N3O5/c1-16-7-10-23(11-8-16)20-6-5-17(24(26)27)14-19(20)21(25)22-9-3-12-28-15-18-4-2-13-29-18/h5-6,14,16,18H,2-4,7-13,15H2,1H3,(H,22,25). The lowest BCUT2D eigenvalue weighted by atomic mass is 9.98. The van der Waals surface area contributed by atoms with Crippen LogP contribution in [0.2, 0.25) is 0 Å². The van der Waals surface area contributed by atoms with E-state index in [4.69, 9.17) is 9.47 Å². The van der Waals surface area contributed by atoms with E-state index in [1.807, 2.05) is 0 Å². The monoisotopic (exact) mass is 405 g/mol. The largest absolute Gasteiger partial charge is 0.379 e. The summed E-state index contributed by atoms with van der Waals surface area (Å²) >= 11 is 0. The fourth-order valence-corrected chi connectivity index (χ4v) is 3.81. The Hall–Kier alpha value is -2.19.